The molecule has 0 saturated heterocycles. The molecule has 0 unspecified atom stereocenters. The first-order valence-electron chi connectivity index (χ1n) is 16.8. The lowest BCUT2D eigenvalue weighted by Crippen LogP contribution is -2.57. The number of imidazole rings is 1. The van der Waals surface area contributed by atoms with Gasteiger partial charge in [-0.15, -0.1) is 0 Å². The maximum Gasteiger partial charge on any atom is 0.408 e. The summed E-state index contributed by atoms with van der Waals surface area (Å²) >= 11 is 0. The fourth-order valence-corrected chi connectivity index (χ4v) is 5.65. The van der Waals surface area contributed by atoms with Gasteiger partial charge >= 0.3 is 12.1 Å². The average Bonchev–Trinajstić information content (AvgIpc) is 3.77. The van der Waals surface area contributed by atoms with Crippen molar-refractivity contribution >= 4 is 41.2 Å². The largest absolute Gasteiger partial charge is 0.459 e. The average molecular weight is 707 g/mol. The standard InChI is InChI=1S/C39H42N6O7/c1-39(2,3)52-38(50)44-32(20-29-21-40-24-41-29)36(48)42-31(19-28-22-45(25-46)34-17-11-10-16-30(28)34)35(47)43-33(18-26-12-6-4-7-13-26)37(49)51-23-27-14-8-5-9-15-27/h4-17,21-22,24-25,31-33H,18-20,23H2,1-3H3,(H,40,41)(H,42,48)(H,43,47)(H,44,50)/t31-,32+,33+/m1/s1. The molecule has 0 spiro atoms. The molecule has 0 aliphatic rings. The predicted octanol–water partition coefficient (Wildman–Crippen LogP) is 4.04. The summed E-state index contributed by atoms with van der Waals surface area (Å²) in [5.74, 6) is -2.02. The number of fused-ring (bicyclic) bond motifs is 1. The van der Waals surface area contributed by atoms with Gasteiger partial charge in [-0.3, -0.25) is 19.0 Å². The Morgan fingerprint density at radius 2 is 1.40 bits per heavy atom. The highest BCUT2D eigenvalue weighted by atomic mass is 16.6. The summed E-state index contributed by atoms with van der Waals surface area (Å²) < 4.78 is 12.5. The smallest absolute Gasteiger partial charge is 0.408 e. The van der Waals surface area contributed by atoms with Crippen molar-refractivity contribution in [2.24, 2.45) is 0 Å². The highest BCUT2D eigenvalue weighted by molar-refractivity contribution is 5.95. The minimum Gasteiger partial charge on any atom is -0.459 e. The number of carbonyl (C=O) groups excluding carboxylic acids is 5. The number of benzene rings is 3. The number of alkyl carbamates (subject to hydrolysis) is 1. The fraction of sp³-hybridized carbons (Fsp3) is 0.282. The minimum atomic E-state index is -1.26. The van der Waals surface area contributed by atoms with Gasteiger partial charge in [0.2, 0.25) is 18.2 Å². The summed E-state index contributed by atoms with van der Waals surface area (Å²) in [7, 11) is 0. The lowest BCUT2D eigenvalue weighted by Gasteiger charge is -2.26. The van der Waals surface area contributed by atoms with E-state index in [9.17, 15) is 24.0 Å². The molecule has 5 aromatic rings. The van der Waals surface area contributed by atoms with Crippen molar-refractivity contribution in [3.05, 3.63) is 126 Å². The summed E-state index contributed by atoms with van der Waals surface area (Å²) in [6.45, 7) is 5.09. The molecule has 0 aliphatic carbocycles. The van der Waals surface area contributed by atoms with Crippen molar-refractivity contribution in [2.45, 2.75) is 70.4 Å². The fourth-order valence-electron chi connectivity index (χ4n) is 5.65. The number of esters is 1. The number of rotatable bonds is 15. The van der Waals surface area contributed by atoms with E-state index in [-0.39, 0.29) is 25.9 Å². The van der Waals surface area contributed by atoms with Crippen LogP contribution in [0.2, 0.25) is 0 Å². The Bertz CT molecular complexity index is 1970. The molecular formula is C39H42N6O7. The van der Waals surface area contributed by atoms with Crippen LogP contribution in [0.25, 0.3) is 10.9 Å². The number of H-pyrrole nitrogens is 1. The van der Waals surface area contributed by atoms with Crippen LogP contribution in [0.3, 0.4) is 0 Å². The van der Waals surface area contributed by atoms with E-state index < -0.39 is 47.6 Å². The lowest BCUT2D eigenvalue weighted by atomic mass is 10.0. The summed E-state index contributed by atoms with van der Waals surface area (Å²) in [4.78, 5) is 73.6. The zero-order valence-electron chi connectivity index (χ0n) is 29.2. The second kappa shape index (κ2) is 17.1. The molecule has 0 bridgehead atoms. The Morgan fingerprint density at radius 3 is 2.04 bits per heavy atom. The Hall–Kier alpha value is -6.24. The Labute approximate surface area is 301 Å². The summed E-state index contributed by atoms with van der Waals surface area (Å²) in [6, 6.07) is 21.9. The topological polar surface area (TPSA) is 174 Å². The number of hydrogen-bond acceptors (Lipinski definition) is 8. The number of ether oxygens (including phenoxy) is 2. The molecule has 0 saturated carbocycles. The Morgan fingerprint density at radius 1 is 0.788 bits per heavy atom. The summed E-state index contributed by atoms with van der Waals surface area (Å²) in [5.41, 5.74) is 2.48. The normalized spacial score (nSPS) is 13.0. The van der Waals surface area contributed by atoms with Crippen molar-refractivity contribution in [3.63, 3.8) is 0 Å². The van der Waals surface area contributed by atoms with Crippen molar-refractivity contribution in [1.29, 1.82) is 0 Å². The third-order valence-electron chi connectivity index (χ3n) is 8.09. The second-order valence-electron chi connectivity index (χ2n) is 13.3. The third kappa shape index (κ3) is 10.4. The van der Waals surface area contributed by atoms with Crippen LogP contribution in [-0.4, -0.2) is 68.5 Å². The number of nitrogens with zero attached hydrogens (tertiary/aromatic N) is 2. The summed E-state index contributed by atoms with van der Waals surface area (Å²) in [5, 5.41) is 8.93. The van der Waals surface area contributed by atoms with Gasteiger partial charge in [0.1, 0.15) is 30.3 Å². The van der Waals surface area contributed by atoms with Crippen molar-refractivity contribution in [2.75, 3.05) is 0 Å². The van der Waals surface area contributed by atoms with Gasteiger partial charge in [-0.05, 0) is 43.5 Å². The quantitative estimate of drug-likeness (QED) is 0.0933. The van der Waals surface area contributed by atoms with Crippen LogP contribution >= 0.6 is 0 Å². The molecule has 0 fully saturated rings. The van der Waals surface area contributed by atoms with E-state index in [1.54, 1.807) is 45.2 Å². The molecule has 3 amide bonds. The zero-order valence-corrected chi connectivity index (χ0v) is 29.2. The van der Waals surface area contributed by atoms with Gasteiger partial charge in [0.25, 0.3) is 0 Å². The Kier molecular flexibility index (Phi) is 12.2. The molecule has 3 atom stereocenters. The van der Waals surface area contributed by atoms with E-state index in [1.165, 1.54) is 17.1 Å². The van der Waals surface area contributed by atoms with Crippen molar-refractivity contribution < 1.29 is 33.4 Å². The van der Waals surface area contributed by atoms with Crippen LogP contribution in [-0.2, 0) is 54.5 Å². The number of nitrogens with one attached hydrogen (secondary N) is 4. The summed E-state index contributed by atoms with van der Waals surface area (Å²) in [6.07, 6.45) is 4.46. The van der Waals surface area contributed by atoms with Gasteiger partial charge in [-0.25, -0.2) is 14.6 Å². The van der Waals surface area contributed by atoms with Gasteiger partial charge in [0.15, 0.2) is 0 Å². The van der Waals surface area contributed by atoms with E-state index in [0.29, 0.717) is 28.6 Å². The highest BCUT2D eigenvalue weighted by Gasteiger charge is 2.32. The minimum absolute atomic E-state index is 0.00217. The molecule has 0 aliphatic heterocycles. The molecule has 13 heteroatoms. The number of carbonyl (C=O) groups is 5. The first-order valence-corrected chi connectivity index (χ1v) is 16.8. The first kappa shape index (κ1) is 37.0. The highest BCUT2D eigenvalue weighted by Crippen LogP contribution is 2.22. The molecule has 4 N–H and O–H groups in total. The molecule has 2 aromatic heterocycles. The zero-order chi connectivity index (χ0) is 37.1. The van der Waals surface area contributed by atoms with Gasteiger partial charge in [0, 0.05) is 42.7 Å². The van der Waals surface area contributed by atoms with Crippen LogP contribution in [0.5, 0.6) is 0 Å². The number of aromatic nitrogens is 3. The van der Waals surface area contributed by atoms with Crippen LogP contribution in [0.15, 0.2) is 104 Å². The van der Waals surface area contributed by atoms with Crippen molar-refractivity contribution in [3.8, 4) is 0 Å². The molecule has 0 radical (unpaired) electrons. The van der Waals surface area contributed by atoms with E-state index in [0.717, 1.165) is 11.1 Å². The second-order valence-corrected chi connectivity index (χ2v) is 13.3. The van der Waals surface area contributed by atoms with Crippen LogP contribution in [0.1, 0.15) is 43.2 Å². The van der Waals surface area contributed by atoms with Crippen molar-refractivity contribution in [1.82, 2.24) is 30.5 Å². The van der Waals surface area contributed by atoms with Gasteiger partial charge in [-0.1, -0.05) is 78.9 Å². The molecular weight excluding hydrogens is 664 g/mol. The predicted molar refractivity (Wildman–Crippen MR) is 193 cm³/mol. The number of aromatic amines is 1. The van der Waals surface area contributed by atoms with E-state index in [4.69, 9.17) is 9.47 Å². The lowest BCUT2D eigenvalue weighted by molar-refractivity contribution is -0.149. The van der Waals surface area contributed by atoms with E-state index in [2.05, 4.69) is 25.9 Å². The molecule has 2 heterocycles. The molecule has 13 nitrogen and oxygen atoms in total. The van der Waals surface area contributed by atoms with Crippen LogP contribution in [0.4, 0.5) is 4.79 Å². The molecule has 52 heavy (non-hydrogen) atoms. The maximum atomic E-state index is 14.3. The van der Waals surface area contributed by atoms with Gasteiger partial charge < -0.3 is 30.4 Å². The number of para-hydroxylation sites is 1. The third-order valence-corrected chi connectivity index (χ3v) is 8.09. The monoisotopic (exact) mass is 706 g/mol. The SMILES string of the molecule is CC(C)(C)OC(=O)N[C@@H](Cc1cnc[nH]1)C(=O)N[C@H](Cc1cn(C=O)c2ccccc12)C(=O)N[C@@H](Cc1ccccc1)C(=O)OCc1ccccc1. The first-order chi connectivity index (χ1) is 25.0. The van der Waals surface area contributed by atoms with Gasteiger partial charge in [-0.2, -0.15) is 0 Å². The number of hydrogen-bond donors (Lipinski definition) is 4. The van der Waals surface area contributed by atoms with E-state index >= 15 is 0 Å². The molecule has 3 aromatic carbocycles. The van der Waals surface area contributed by atoms with Crippen LogP contribution in [0, 0.1) is 0 Å². The van der Waals surface area contributed by atoms with Crippen LogP contribution < -0.4 is 16.0 Å². The molecule has 270 valence electrons. The van der Waals surface area contributed by atoms with Gasteiger partial charge in [0.05, 0.1) is 11.8 Å². The molecule has 5 rings (SSSR count). The van der Waals surface area contributed by atoms with E-state index in [1.807, 2.05) is 66.7 Å². The number of amides is 3. The Balaban J connectivity index is 1.44. The maximum absolute atomic E-state index is 14.3.